The first-order chi connectivity index (χ1) is 8.74. The van der Waals surface area contributed by atoms with Crippen molar-refractivity contribution in [2.75, 3.05) is 0 Å². The second-order valence-corrected chi connectivity index (χ2v) is 5.78. The topological polar surface area (TPSA) is 3.01 Å². The molecular formula is C18H32N+. The van der Waals surface area contributed by atoms with E-state index in [2.05, 4.69) is 78.1 Å². The molecular weight excluding hydrogens is 230 g/mol. The van der Waals surface area contributed by atoms with Gasteiger partial charge in [0.2, 0.25) is 0 Å². The van der Waals surface area contributed by atoms with Crippen LogP contribution in [0.15, 0.2) is 37.0 Å². The zero-order valence-corrected chi connectivity index (χ0v) is 13.8. The Balaban J connectivity index is 5.75. The molecule has 0 bridgehead atoms. The van der Waals surface area contributed by atoms with Gasteiger partial charge in [-0.3, -0.25) is 0 Å². The van der Waals surface area contributed by atoms with Crippen molar-refractivity contribution in [3.05, 3.63) is 37.0 Å². The van der Waals surface area contributed by atoms with Gasteiger partial charge >= 0.3 is 0 Å². The third kappa shape index (κ3) is 3.08. The molecule has 0 saturated carbocycles. The summed E-state index contributed by atoms with van der Waals surface area (Å²) in [6.45, 7) is 25.7. The Kier molecular flexibility index (Phi) is 6.48. The maximum absolute atomic E-state index is 4.34. The van der Waals surface area contributed by atoms with Gasteiger partial charge in [-0.1, -0.05) is 39.2 Å². The van der Waals surface area contributed by atoms with Gasteiger partial charge < -0.3 is 0 Å². The van der Waals surface area contributed by atoms with E-state index in [4.69, 9.17) is 0 Å². The lowest BCUT2D eigenvalue weighted by molar-refractivity contribution is -0.634. The second-order valence-electron chi connectivity index (χ2n) is 5.78. The molecule has 0 aliphatic carbocycles. The van der Waals surface area contributed by atoms with E-state index in [1.807, 2.05) is 6.08 Å². The molecule has 3 unspecified atom stereocenters. The molecule has 3 atom stereocenters. The molecule has 1 heteroatoms. The van der Waals surface area contributed by atoms with Gasteiger partial charge in [-0.2, -0.15) is 0 Å². The minimum atomic E-state index is -0.0497. The average molecular weight is 262 g/mol. The zero-order chi connectivity index (χ0) is 15.3. The van der Waals surface area contributed by atoms with Crippen LogP contribution < -0.4 is 0 Å². The van der Waals surface area contributed by atoms with Crippen molar-refractivity contribution in [3.63, 3.8) is 0 Å². The maximum atomic E-state index is 4.34. The normalized spacial score (nSPS) is 19.5. The number of nitrogens with zero attached hydrogens (tertiary/aromatic N) is 1. The Morgan fingerprint density at radius 1 is 1.26 bits per heavy atom. The predicted octanol–water partition coefficient (Wildman–Crippen LogP) is 4.99. The molecule has 0 aliphatic rings. The van der Waals surface area contributed by atoms with E-state index >= 15 is 0 Å². The smallest absolute Gasteiger partial charge is 0.168 e. The summed E-state index contributed by atoms with van der Waals surface area (Å²) in [4.78, 5) is 0. The molecule has 0 radical (unpaired) electrons. The molecule has 0 aromatic rings. The fraction of sp³-hybridized carbons (Fsp3) is 0.611. The maximum Gasteiger partial charge on any atom is 0.168 e. The first-order valence-corrected chi connectivity index (χ1v) is 7.29. The largest absolute Gasteiger partial charge is 0.230 e. The van der Waals surface area contributed by atoms with Gasteiger partial charge in [0.25, 0.3) is 0 Å². The summed E-state index contributed by atoms with van der Waals surface area (Å²) in [5, 5.41) is 0. The molecule has 19 heavy (non-hydrogen) atoms. The van der Waals surface area contributed by atoms with Crippen molar-refractivity contribution in [3.8, 4) is 0 Å². The second kappa shape index (κ2) is 6.88. The average Bonchev–Trinajstić information content (AvgIpc) is 2.43. The highest BCUT2D eigenvalue weighted by Gasteiger charge is 2.51. The number of allylic oxidation sites excluding steroid dienone is 2. The highest BCUT2D eigenvalue weighted by atomic mass is 15.1. The summed E-state index contributed by atoms with van der Waals surface area (Å²) in [6, 6.07) is 0.304. The molecule has 0 aromatic heterocycles. The number of rotatable bonds is 8. The molecule has 0 amide bonds. The number of hydrogen-bond donors (Lipinski definition) is 0. The fourth-order valence-electron chi connectivity index (χ4n) is 2.92. The van der Waals surface area contributed by atoms with Crippen LogP contribution in [0.1, 0.15) is 54.4 Å². The molecule has 0 heterocycles. The molecule has 0 fully saturated rings. The minimum absolute atomic E-state index is 0.0267. The molecule has 0 aliphatic heterocycles. The van der Waals surface area contributed by atoms with Crippen LogP contribution in [-0.4, -0.2) is 22.9 Å². The summed E-state index contributed by atoms with van der Waals surface area (Å²) in [5.74, 6) is 0. The molecule has 0 spiro atoms. The van der Waals surface area contributed by atoms with Gasteiger partial charge in [-0.05, 0) is 31.9 Å². The van der Waals surface area contributed by atoms with E-state index in [0.717, 1.165) is 18.4 Å². The summed E-state index contributed by atoms with van der Waals surface area (Å²) >= 11 is 0. The summed E-state index contributed by atoms with van der Waals surface area (Å²) in [6.07, 6.45) is 8.22. The lowest BCUT2D eigenvalue weighted by Gasteiger charge is -2.44. The summed E-state index contributed by atoms with van der Waals surface area (Å²) in [5.41, 5.74) is 1.02. The van der Waals surface area contributed by atoms with E-state index in [9.17, 15) is 0 Å². The molecule has 108 valence electrons. The first kappa shape index (κ1) is 17.9. The Hall–Kier alpha value is -1.11. The lowest BCUT2D eigenvalue weighted by Crippen LogP contribution is -2.54. The van der Waals surface area contributed by atoms with Gasteiger partial charge in [0.05, 0.1) is 5.41 Å². The van der Waals surface area contributed by atoms with Crippen LogP contribution in [0.4, 0.5) is 0 Å². The van der Waals surface area contributed by atoms with Crippen LogP contribution in [0.3, 0.4) is 0 Å². The summed E-state index contributed by atoms with van der Waals surface area (Å²) < 4.78 is 2.23. The Morgan fingerprint density at radius 2 is 1.79 bits per heavy atom. The monoisotopic (exact) mass is 262 g/mol. The van der Waals surface area contributed by atoms with E-state index in [1.165, 1.54) is 0 Å². The highest BCUT2D eigenvalue weighted by molar-refractivity contribution is 5.27. The quantitative estimate of drug-likeness (QED) is 0.251. The fourth-order valence-corrected chi connectivity index (χ4v) is 2.92. The van der Waals surface area contributed by atoms with Crippen molar-refractivity contribution in [1.29, 1.82) is 0 Å². The van der Waals surface area contributed by atoms with E-state index in [1.54, 1.807) is 0 Å². The molecule has 0 saturated heterocycles. The van der Waals surface area contributed by atoms with E-state index < -0.39 is 0 Å². The Bertz CT molecular complexity index is 377. The third-order valence-electron chi connectivity index (χ3n) is 5.14. The molecule has 1 nitrogen and oxygen atoms in total. The van der Waals surface area contributed by atoms with E-state index in [0.29, 0.717) is 6.04 Å². The van der Waals surface area contributed by atoms with Gasteiger partial charge in [-0.25, -0.2) is 4.58 Å². The zero-order valence-electron chi connectivity index (χ0n) is 13.8. The molecule has 0 N–H and O–H groups in total. The van der Waals surface area contributed by atoms with Crippen molar-refractivity contribution < 1.29 is 4.58 Å². The van der Waals surface area contributed by atoms with Crippen molar-refractivity contribution >= 4 is 6.72 Å². The lowest BCUT2D eigenvalue weighted by atomic mass is 9.63. The van der Waals surface area contributed by atoms with Crippen molar-refractivity contribution in [2.45, 2.75) is 66.0 Å². The van der Waals surface area contributed by atoms with Gasteiger partial charge in [0.15, 0.2) is 11.6 Å². The van der Waals surface area contributed by atoms with Crippen LogP contribution in [0.25, 0.3) is 0 Å². The van der Waals surface area contributed by atoms with Crippen LogP contribution in [0, 0.1) is 5.41 Å². The predicted molar refractivity (Wildman–Crippen MR) is 88.1 cm³/mol. The summed E-state index contributed by atoms with van der Waals surface area (Å²) in [7, 11) is 0. The number of hydrogen-bond acceptors (Lipinski definition) is 0. The van der Waals surface area contributed by atoms with Gasteiger partial charge in [0, 0.05) is 20.3 Å². The minimum Gasteiger partial charge on any atom is -0.230 e. The van der Waals surface area contributed by atoms with Crippen molar-refractivity contribution in [1.82, 2.24) is 0 Å². The van der Waals surface area contributed by atoms with Crippen LogP contribution >= 0.6 is 0 Å². The van der Waals surface area contributed by atoms with Crippen LogP contribution in [0.2, 0.25) is 0 Å². The SMILES string of the molecule is C=CC(=C)C(C)(CC)C(C)(CC)[N+](=C)C(C)C=CC. The Morgan fingerprint density at radius 3 is 2.11 bits per heavy atom. The third-order valence-corrected chi connectivity index (χ3v) is 5.14. The van der Waals surface area contributed by atoms with Gasteiger partial charge in [0.1, 0.15) is 6.72 Å². The first-order valence-electron chi connectivity index (χ1n) is 7.29. The van der Waals surface area contributed by atoms with Gasteiger partial charge in [-0.15, -0.1) is 0 Å². The van der Waals surface area contributed by atoms with Crippen LogP contribution in [0.5, 0.6) is 0 Å². The standard InChI is InChI=1S/C18H32N/c1-10-14-16(6)19(9)18(8,13-4)17(7,12-3)15(5)11-2/h10-11,14,16H,2,5,9,12-13H2,1,3-4,6-8H3/q+1. The van der Waals surface area contributed by atoms with Crippen LogP contribution in [-0.2, 0) is 0 Å². The van der Waals surface area contributed by atoms with Crippen molar-refractivity contribution in [2.24, 2.45) is 5.41 Å². The molecule has 0 rings (SSSR count). The van der Waals surface area contributed by atoms with E-state index in [-0.39, 0.29) is 11.0 Å². The highest BCUT2D eigenvalue weighted by Crippen LogP contribution is 2.45. The molecule has 0 aromatic carbocycles. The Labute approximate surface area is 120 Å².